The summed E-state index contributed by atoms with van der Waals surface area (Å²) < 4.78 is 10.3. The maximum atomic E-state index is 11.7. The lowest BCUT2D eigenvalue weighted by atomic mass is 10.1. The summed E-state index contributed by atoms with van der Waals surface area (Å²) in [6, 6.07) is 11.4. The third-order valence-electron chi connectivity index (χ3n) is 2.81. The molecular weight excluding hydrogens is 242 g/mol. The van der Waals surface area contributed by atoms with Crippen molar-refractivity contribution in [2.24, 2.45) is 0 Å². The standard InChI is InChI=1S/C15H17NO3/c1-18-13-5-2-4-12(10-13)7-8-15(17)16-11-14-6-3-9-19-14/h2-6,9-10H,7-8,11H2,1H3,(H,16,17). The molecule has 0 saturated heterocycles. The van der Waals surface area contributed by atoms with Crippen LogP contribution in [0.1, 0.15) is 17.7 Å². The molecule has 0 aliphatic rings. The Labute approximate surface area is 112 Å². The van der Waals surface area contributed by atoms with Gasteiger partial charge in [0, 0.05) is 6.42 Å². The molecule has 1 aromatic heterocycles. The molecule has 0 fully saturated rings. The van der Waals surface area contributed by atoms with E-state index in [1.807, 2.05) is 30.3 Å². The van der Waals surface area contributed by atoms with E-state index in [9.17, 15) is 4.79 Å². The van der Waals surface area contributed by atoms with Crippen LogP contribution in [0.2, 0.25) is 0 Å². The second kappa shape index (κ2) is 6.64. The minimum Gasteiger partial charge on any atom is -0.497 e. The minimum absolute atomic E-state index is 0.0132. The fourth-order valence-electron chi connectivity index (χ4n) is 1.77. The summed E-state index contributed by atoms with van der Waals surface area (Å²) in [6.45, 7) is 0.434. The summed E-state index contributed by atoms with van der Waals surface area (Å²) in [5.74, 6) is 1.59. The van der Waals surface area contributed by atoms with E-state index >= 15 is 0 Å². The van der Waals surface area contributed by atoms with Gasteiger partial charge in [0.25, 0.3) is 0 Å². The van der Waals surface area contributed by atoms with E-state index in [1.165, 1.54) is 0 Å². The summed E-state index contributed by atoms with van der Waals surface area (Å²) >= 11 is 0. The second-order valence-corrected chi connectivity index (χ2v) is 4.21. The van der Waals surface area contributed by atoms with Crippen molar-refractivity contribution in [1.29, 1.82) is 0 Å². The van der Waals surface area contributed by atoms with Crippen molar-refractivity contribution in [3.05, 3.63) is 54.0 Å². The quantitative estimate of drug-likeness (QED) is 0.867. The number of furan rings is 1. The van der Waals surface area contributed by atoms with E-state index < -0.39 is 0 Å². The SMILES string of the molecule is COc1cccc(CCC(=O)NCc2ccco2)c1. The van der Waals surface area contributed by atoms with E-state index in [1.54, 1.807) is 19.4 Å². The first-order chi connectivity index (χ1) is 9.28. The number of hydrogen-bond acceptors (Lipinski definition) is 3. The van der Waals surface area contributed by atoms with Crippen molar-refractivity contribution in [2.75, 3.05) is 7.11 Å². The van der Waals surface area contributed by atoms with Crippen molar-refractivity contribution in [2.45, 2.75) is 19.4 Å². The number of benzene rings is 1. The van der Waals surface area contributed by atoms with Gasteiger partial charge in [-0.05, 0) is 36.2 Å². The summed E-state index contributed by atoms with van der Waals surface area (Å²) in [5.41, 5.74) is 1.09. The predicted octanol–water partition coefficient (Wildman–Crippen LogP) is 2.54. The molecule has 100 valence electrons. The van der Waals surface area contributed by atoms with Gasteiger partial charge in [0.1, 0.15) is 11.5 Å². The lowest BCUT2D eigenvalue weighted by Gasteiger charge is -2.05. The zero-order valence-electron chi connectivity index (χ0n) is 10.9. The molecule has 0 aliphatic carbocycles. The van der Waals surface area contributed by atoms with Crippen LogP contribution in [-0.2, 0) is 17.8 Å². The van der Waals surface area contributed by atoms with Crippen molar-refractivity contribution < 1.29 is 13.9 Å². The van der Waals surface area contributed by atoms with Crippen molar-refractivity contribution >= 4 is 5.91 Å². The molecule has 0 bridgehead atoms. The van der Waals surface area contributed by atoms with Crippen LogP contribution in [0.3, 0.4) is 0 Å². The Morgan fingerprint density at radius 1 is 1.32 bits per heavy atom. The summed E-state index contributed by atoms with van der Waals surface area (Å²) in [6.07, 6.45) is 2.74. The largest absolute Gasteiger partial charge is 0.497 e. The highest BCUT2D eigenvalue weighted by Gasteiger charge is 2.04. The summed E-state index contributed by atoms with van der Waals surface area (Å²) in [7, 11) is 1.63. The van der Waals surface area contributed by atoms with Crippen molar-refractivity contribution in [1.82, 2.24) is 5.32 Å². The van der Waals surface area contributed by atoms with Gasteiger partial charge in [-0.25, -0.2) is 0 Å². The first kappa shape index (κ1) is 13.2. The van der Waals surface area contributed by atoms with Gasteiger partial charge in [-0.1, -0.05) is 12.1 Å². The highest BCUT2D eigenvalue weighted by atomic mass is 16.5. The molecule has 0 unspecified atom stereocenters. The highest BCUT2D eigenvalue weighted by molar-refractivity contribution is 5.76. The Bertz CT molecular complexity index is 520. The van der Waals surface area contributed by atoms with Crippen molar-refractivity contribution in [3.63, 3.8) is 0 Å². The number of carbonyl (C=O) groups excluding carboxylic acids is 1. The lowest BCUT2D eigenvalue weighted by molar-refractivity contribution is -0.121. The van der Waals surface area contributed by atoms with Gasteiger partial charge in [-0.15, -0.1) is 0 Å². The first-order valence-electron chi connectivity index (χ1n) is 6.20. The van der Waals surface area contributed by atoms with Crippen LogP contribution >= 0.6 is 0 Å². The van der Waals surface area contributed by atoms with Crippen LogP contribution in [0.4, 0.5) is 0 Å². The zero-order valence-corrected chi connectivity index (χ0v) is 10.9. The van der Waals surface area contributed by atoms with E-state index in [0.29, 0.717) is 19.4 Å². The van der Waals surface area contributed by atoms with Crippen molar-refractivity contribution in [3.8, 4) is 5.75 Å². The third-order valence-corrected chi connectivity index (χ3v) is 2.81. The van der Waals surface area contributed by atoms with Crippen LogP contribution in [0.5, 0.6) is 5.75 Å². The fourth-order valence-corrected chi connectivity index (χ4v) is 1.77. The number of hydrogen-bond donors (Lipinski definition) is 1. The van der Waals surface area contributed by atoms with Gasteiger partial charge < -0.3 is 14.5 Å². The van der Waals surface area contributed by atoms with Gasteiger partial charge in [0.05, 0.1) is 19.9 Å². The number of rotatable bonds is 6. The van der Waals surface area contributed by atoms with Crippen LogP contribution in [-0.4, -0.2) is 13.0 Å². The molecule has 19 heavy (non-hydrogen) atoms. The van der Waals surface area contributed by atoms with Gasteiger partial charge >= 0.3 is 0 Å². The molecule has 0 saturated carbocycles. The summed E-state index contributed by atoms with van der Waals surface area (Å²) in [5, 5.41) is 2.82. The lowest BCUT2D eigenvalue weighted by Crippen LogP contribution is -2.22. The zero-order chi connectivity index (χ0) is 13.5. The number of nitrogens with one attached hydrogen (secondary N) is 1. The van der Waals surface area contributed by atoms with E-state index in [0.717, 1.165) is 17.1 Å². The number of aryl methyl sites for hydroxylation is 1. The molecule has 4 heteroatoms. The van der Waals surface area contributed by atoms with Gasteiger partial charge in [-0.2, -0.15) is 0 Å². The second-order valence-electron chi connectivity index (χ2n) is 4.21. The smallest absolute Gasteiger partial charge is 0.220 e. The number of ether oxygens (including phenoxy) is 1. The molecule has 2 aromatic rings. The monoisotopic (exact) mass is 259 g/mol. The number of carbonyl (C=O) groups is 1. The van der Waals surface area contributed by atoms with Gasteiger partial charge in [0.15, 0.2) is 0 Å². The van der Waals surface area contributed by atoms with Gasteiger partial charge in [0.2, 0.25) is 5.91 Å². The van der Waals surface area contributed by atoms with E-state index in [-0.39, 0.29) is 5.91 Å². The molecule has 1 aromatic carbocycles. The molecule has 0 atom stereocenters. The topological polar surface area (TPSA) is 51.5 Å². The first-order valence-corrected chi connectivity index (χ1v) is 6.20. The summed E-state index contributed by atoms with van der Waals surface area (Å²) in [4.78, 5) is 11.7. The molecular formula is C15H17NO3. The maximum Gasteiger partial charge on any atom is 0.220 e. The maximum absolute atomic E-state index is 11.7. The average Bonchev–Trinajstić information content (AvgIpc) is 2.96. The van der Waals surface area contributed by atoms with Crippen LogP contribution in [0.15, 0.2) is 47.1 Å². The number of amides is 1. The van der Waals surface area contributed by atoms with Crippen LogP contribution in [0, 0.1) is 0 Å². The molecule has 1 amide bonds. The Hall–Kier alpha value is -2.23. The molecule has 4 nitrogen and oxygen atoms in total. The molecule has 0 aliphatic heterocycles. The fraction of sp³-hybridized carbons (Fsp3) is 0.267. The van der Waals surface area contributed by atoms with E-state index in [2.05, 4.69) is 5.32 Å². The minimum atomic E-state index is 0.0132. The normalized spacial score (nSPS) is 10.2. The van der Waals surface area contributed by atoms with Crippen LogP contribution < -0.4 is 10.1 Å². The Morgan fingerprint density at radius 2 is 2.21 bits per heavy atom. The highest BCUT2D eigenvalue weighted by Crippen LogP contribution is 2.13. The molecule has 0 radical (unpaired) electrons. The average molecular weight is 259 g/mol. The molecule has 1 heterocycles. The number of methoxy groups -OCH3 is 1. The molecule has 1 N–H and O–H groups in total. The Kier molecular flexibility index (Phi) is 4.61. The predicted molar refractivity (Wildman–Crippen MR) is 71.9 cm³/mol. The van der Waals surface area contributed by atoms with E-state index in [4.69, 9.17) is 9.15 Å². The third kappa shape index (κ3) is 4.17. The Balaban J connectivity index is 1.76. The molecule has 0 spiro atoms. The van der Waals surface area contributed by atoms with Crippen LogP contribution in [0.25, 0.3) is 0 Å². The Morgan fingerprint density at radius 3 is 2.95 bits per heavy atom. The van der Waals surface area contributed by atoms with Gasteiger partial charge in [-0.3, -0.25) is 4.79 Å². The molecule has 2 rings (SSSR count).